The van der Waals surface area contributed by atoms with Crippen molar-refractivity contribution in [1.29, 1.82) is 0 Å². The number of pyridine rings is 1. The number of rotatable bonds is 8. The van der Waals surface area contributed by atoms with Gasteiger partial charge in [-0.1, -0.05) is 54.1 Å². The molecular formula is C31H29ClN6O4S. The fourth-order valence-electron chi connectivity index (χ4n) is 4.75. The second kappa shape index (κ2) is 12.0. The van der Waals surface area contributed by atoms with Crippen molar-refractivity contribution in [3.05, 3.63) is 112 Å². The molecule has 10 nitrogen and oxygen atoms in total. The third-order valence-electron chi connectivity index (χ3n) is 6.68. The van der Waals surface area contributed by atoms with E-state index in [0.29, 0.717) is 32.7 Å². The van der Waals surface area contributed by atoms with Crippen LogP contribution in [-0.2, 0) is 10.0 Å². The number of benzene rings is 3. The van der Waals surface area contributed by atoms with Gasteiger partial charge in [0.05, 0.1) is 33.2 Å². The van der Waals surface area contributed by atoms with Gasteiger partial charge >= 0.3 is 0 Å². The molecule has 0 aliphatic heterocycles. The number of fused-ring (bicyclic) bond motifs is 1. The molecule has 5 aromatic rings. The van der Waals surface area contributed by atoms with Crippen LogP contribution in [0.25, 0.3) is 27.7 Å². The summed E-state index contributed by atoms with van der Waals surface area (Å²) < 4.78 is 29.5. The topological polar surface area (TPSA) is 149 Å². The third kappa shape index (κ3) is 6.14. The maximum atomic E-state index is 13.7. The monoisotopic (exact) mass is 616 g/mol. The van der Waals surface area contributed by atoms with Crippen molar-refractivity contribution in [2.75, 3.05) is 5.73 Å². The lowest BCUT2D eigenvalue weighted by atomic mass is 10.1. The number of hydrogen-bond acceptors (Lipinski definition) is 7. The van der Waals surface area contributed by atoms with Crippen LogP contribution in [0.1, 0.15) is 43.0 Å². The Hall–Kier alpha value is -4.58. The van der Waals surface area contributed by atoms with Gasteiger partial charge in [-0.2, -0.15) is 0 Å². The van der Waals surface area contributed by atoms with Gasteiger partial charge in [0.1, 0.15) is 0 Å². The Labute approximate surface area is 253 Å². The molecule has 1 amide bonds. The van der Waals surface area contributed by atoms with E-state index in [4.69, 9.17) is 17.3 Å². The Balaban J connectivity index is 1.52. The highest BCUT2D eigenvalue weighted by atomic mass is 35.5. The standard InChI is InChI=1S/C31H29ClN6O4S/c1-18(2)37-43(41,42)23-13-7-9-20(15-23)25-17-34-29(33)28(36-25)30(39)35-19(3)26-16-21-10-8-14-24(32)27(21)31(40)38(26)22-11-5-4-6-12-22/h4-19,37H,1-3H3,(H2,33,34)(H,35,39)/t19-/m0/s1. The maximum Gasteiger partial charge on any atom is 0.274 e. The van der Waals surface area contributed by atoms with E-state index in [1.54, 1.807) is 63.2 Å². The van der Waals surface area contributed by atoms with E-state index in [9.17, 15) is 18.0 Å². The second-order valence-corrected chi connectivity index (χ2v) is 12.4. The number of nitrogens with two attached hydrogens (primary N) is 1. The minimum absolute atomic E-state index is 0.0484. The highest BCUT2D eigenvalue weighted by molar-refractivity contribution is 7.89. The zero-order valence-electron chi connectivity index (χ0n) is 23.6. The molecule has 0 unspecified atom stereocenters. The Kier molecular flexibility index (Phi) is 8.32. The summed E-state index contributed by atoms with van der Waals surface area (Å²) in [6.07, 6.45) is 1.37. The predicted octanol–water partition coefficient (Wildman–Crippen LogP) is 4.86. The summed E-state index contributed by atoms with van der Waals surface area (Å²) >= 11 is 6.41. The van der Waals surface area contributed by atoms with Gasteiger partial charge in [-0.15, -0.1) is 0 Å². The Bertz CT molecular complexity index is 2010. The summed E-state index contributed by atoms with van der Waals surface area (Å²) in [4.78, 5) is 35.9. The van der Waals surface area contributed by atoms with Crippen LogP contribution in [0.2, 0.25) is 5.02 Å². The molecule has 3 aromatic carbocycles. The third-order valence-corrected chi connectivity index (χ3v) is 8.65. The number of halogens is 1. The first-order valence-corrected chi connectivity index (χ1v) is 15.3. The lowest BCUT2D eigenvalue weighted by molar-refractivity contribution is 0.0934. The summed E-state index contributed by atoms with van der Waals surface area (Å²) in [6.45, 7) is 5.20. The summed E-state index contributed by atoms with van der Waals surface area (Å²) in [7, 11) is -3.76. The van der Waals surface area contributed by atoms with E-state index in [1.807, 2.05) is 24.3 Å². The minimum Gasteiger partial charge on any atom is -0.382 e. The largest absolute Gasteiger partial charge is 0.382 e. The van der Waals surface area contributed by atoms with E-state index in [2.05, 4.69) is 20.0 Å². The van der Waals surface area contributed by atoms with Crippen LogP contribution in [0, 0.1) is 0 Å². The fraction of sp³-hybridized carbons (Fsp3) is 0.161. The first kappa shape index (κ1) is 29.9. The molecule has 2 aromatic heterocycles. The van der Waals surface area contributed by atoms with Gasteiger partial charge in [-0.05, 0) is 62.6 Å². The van der Waals surface area contributed by atoms with Crippen LogP contribution in [-0.4, -0.2) is 34.9 Å². The van der Waals surface area contributed by atoms with Crippen molar-refractivity contribution in [3.8, 4) is 16.9 Å². The first-order valence-electron chi connectivity index (χ1n) is 13.4. The molecule has 0 spiro atoms. The number of nitrogens with zero attached hydrogens (tertiary/aromatic N) is 3. The molecule has 2 heterocycles. The van der Waals surface area contributed by atoms with E-state index in [0.717, 1.165) is 0 Å². The maximum absolute atomic E-state index is 13.7. The van der Waals surface area contributed by atoms with Crippen molar-refractivity contribution in [3.63, 3.8) is 0 Å². The molecule has 5 rings (SSSR count). The molecule has 0 saturated heterocycles. The van der Waals surface area contributed by atoms with Gasteiger partial charge in [0.15, 0.2) is 11.5 Å². The lowest BCUT2D eigenvalue weighted by Crippen LogP contribution is -2.33. The molecule has 0 aliphatic carbocycles. The number of sulfonamides is 1. The van der Waals surface area contributed by atoms with Crippen molar-refractivity contribution >= 4 is 44.1 Å². The van der Waals surface area contributed by atoms with Gasteiger partial charge in [0.25, 0.3) is 11.5 Å². The van der Waals surface area contributed by atoms with Crippen LogP contribution < -0.4 is 21.3 Å². The minimum atomic E-state index is -3.76. The SMILES string of the molecule is CC(C)NS(=O)(=O)c1cccc(-c2cnc(N)c(C(=O)N[C@@H](C)c3cc4cccc(Cl)c4c(=O)n3-c3ccccc3)n2)c1. The van der Waals surface area contributed by atoms with Crippen LogP contribution in [0.3, 0.4) is 0 Å². The zero-order valence-corrected chi connectivity index (χ0v) is 25.1. The lowest BCUT2D eigenvalue weighted by Gasteiger charge is -2.21. The van der Waals surface area contributed by atoms with Crippen molar-refractivity contribution in [1.82, 2.24) is 24.6 Å². The van der Waals surface area contributed by atoms with Gasteiger partial charge in [-0.25, -0.2) is 23.1 Å². The molecule has 0 fully saturated rings. The van der Waals surface area contributed by atoms with Crippen molar-refractivity contribution in [2.24, 2.45) is 0 Å². The van der Waals surface area contributed by atoms with Gasteiger partial charge in [0, 0.05) is 23.0 Å². The second-order valence-electron chi connectivity index (χ2n) is 10.2. The quantitative estimate of drug-likeness (QED) is 0.225. The highest BCUT2D eigenvalue weighted by Gasteiger charge is 2.23. The van der Waals surface area contributed by atoms with E-state index >= 15 is 0 Å². The number of amides is 1. The van der Waals surface area contributed by atoms with Crippen LogP contribution in [0.15, 0.2) is 94.7 Å². The van der Waals surface area contributed by atoms with Crippen LogP contribution in [0.5, 0.6) is 0 Å². The molecule has 43 heavy (non-hydrogen) atoms. The number of anilines is 1. The number of hydrogen-bond donors (Lipinski definition) is 3. The average molecular weight is 617 g/mol. The molecule has 0 bridgehead atoms. The number of nitrogens with one attached hydrogen (secondary N) is 2. The van der Waals surface area contributed by atoms with Gasteiger partial charge in [0.2, 0.25) is 10.0 Å². The van der Waals surface area contributed by atoms with Crippen LogP contribution in [0.4, 0.5) is 5.82 Å². The molecule has 220 valence electrons. The normalized spacial score (nSPS) is 12.4. The van der Waals surface area contributed by atoms with Crippen molar-refractivity contribution in [2.45, 2.75) is 37.8 Å². The Morgan fingerprint density at radius 2 is 1.70 bits per heavy atom. The number of nitrogen functional groups attached to an aromatic ring is 1. The molecule has 4 N–H and O–H groups in total. The van der Waals surface area contributed by atoms with Crippen molar-refractivity contribution < 1.29 is 13.2 Å². The molecular weight excluding hydrogens is 588 g/mol. The summed E-state index contributed by atoms with van der Waals surface area (Å²) in [5.74, 6) is -0.729. The van der Waals surface area contributed by atoms with Gasteiger partial charge < -0.3 is 11.1 Å². The Morgan fingerprint density at radius 3 is 2.42 bits per heavy atom. The van der Waals surface area contributed by atoms with Gasteiger partial charge in [-0.3, -0.25) is 14.2 Å². The first-order chi connectivity index (χ1) is 20.5. The number of carbonyl (C=O) groups excluding carboxylic acids is 1. The Morgan fingerprint density at radius 1 is 0.977 bits per heavy atom. The molecule has 12 heteroatoms. The van der Waals surface area contributed by atoms with E-state index < -0.39 is 22.0 Å². The van der Waals surface area contributed by atoms with E-state index in [-0.39, 0.29) is 33.7 Å². The van der Waals surface area contributed by atoms with Crippen LogP contribution >= 0.6 is 11.6 Å². The summed E-state index contributed by atoms with van der Waals surface area (Å²) in [6, 6.07) is 21.3. The fourth-order valence-corrected chi connectivity index (χ4v) is 6.31. The summed E-state index contributed by atoms with van der Waals surface area (Å²) in [5, 5.41) is 4.21. The molecule has 1 atom stereocenters. The summed E-state index contributed by atoms with van der Waals surface area (Å²) in [5.41, 5.74) is 7.41. The number of aromatic nitrogens is 3. The molecule has 0 radical (unpaired) electrons. The smallest absolute Gasteiger partial charge is 0.274 e. The zero-order chi connectivity index (χ0) is 30.9. The van der Waals surface area contributed by atoms with E-state index in [1.165, 1.54) is 22.9 Å². The predicted molar refractivity (Wildman–Crippen MR) is 168 cm³/mol. The highest BCUT2D eigenvalue weighted by Crippen LogP contribution is 2.26. The average Bonchev–Trinajstić information content (AvgIpc) is 2.97. The number of carbonyl (C=O) groups is 1. The molecule has 0 saturated carbocycles. The number of para-hydroxylation sites is 1. The molecule has 0 aliphatic rings.